The van der Waals surface area contributed by atoms with E-state index in [1.807, 2.05) is 13.8 Å². The molecule has 0 amide bonds. The van der Waals surface area contributed by atoms with Crippen LogP contribution in [-0.4, -0.2) is 22.9 Å². The lowest BCUT2D eigenvalue weighted by molar-refractivity contribution is -0.0899. The summed E-state index contributed by atoms with van der Waals surface area (Å²) >= 11 is 0. The molecule has 1 aliphatic rings. The van der Waals surface area contributed by atoms with Crippen molar-refractivity contribution in [2.45, 2.75) is 71.2 Å². The molecule has 0 aromatic heterocycles. The smallest absolute Gasteiger partial charge is 0.0883 e. The monoisotopic (exact) mass is 238 g/mol. The Kier molecular flexibility index (Phi) is 4.96. The Morgan fingerprint density at radius 2 is 2.06 bits per heavy atom. The zero-order valence-electron chi connectivity index (χ0n) is 11.6. The number of allylic oxidation sites excluding steroid dienone is 2. The Morgan fingerprint density at radius 3 is 2.53 bits per heavy atom. The molecule has 0 spiro atoms. The number of aliphatic hydroxyl groups is 1. The van der Waals surface area contributed by atoms with Crippen LogP contribution in [0, 0.1) is 0 Å². The highest BCUT2D eigenvalue weighted by molar-refractivity contribution is 5.03. The molecule has 0 aromatic carbocycles. The van der Waals surface area contributed by atoms with E-state index in [1.54, 1.807) is 0 Å². The average Bonchev–Trinajstić information content (AvgIpc) is 2.65. The summed E-state index contributed by atoms with van der Waals surface area (Å²) in [6.07, 6.45) is 5.83. The summed E-state index contributed by atoms with van der Waals surface area (Å²) in [5.41, 5.74) is 1.64. The predicted octanol–water partition coefficient (Wildman–Crippen LogP) is 3.61. The fraction of sp³-hybridized carbons (Fsp3) is 0.733. The Bertz CT molecular complexity index is 298. The largest absolute Gasteiger partial charge is 0.387 e. The van der Waals surface area contributed by atoms with Gasteiger partial charge in [-0.25, -0.2) is 0 Å². The van der Waals surface area contributed by atoms with Crippen LogP contribution in [0.2, 0.25) is 0 Å². The first-order chi connectivity index (χ1) is 7.83. The molecule has 0 aromatic rings. The molecule has 1 heterocycles. The van der Waals surface area contributed by atoms with E-state index in [-0.39, 0.29) is 12.2 Å². The molecular formula is C15H26O2. The van der Waals surface area contributed by atoms with Crippen LogP contribution >= 0.6 is 0 Å². The van der Waals surface area contributed by atoms with Crippen LogP contribution in [0.15, 0.2) is 23.8 Å². The molecule has 0 saturated carbocycles. The minimum atomic E-state index is -0.726. The molecule has 1 fully saturated rings. The van der Waals surface area contributed by atoms with Gasteiger partial charge in [-0.1, -0.05) is 23.8 Å². The van der Waals surface area contributed by atoms with Gasteiger partial charge >= 0.3 is 0 Å². The van der Waals surface area contributed by atoms with E-state index in [2.05, 4.69) is 26.5 Å². The first-order valence-corrected chi connectivity index (χ1v) is 6.49. The molecule has 0 bridgehead atoms. The van der Waals surface area contributed by atoms with E-state index < -0.39 is 5.60 Å². The summed E-state index contributed by atoms with van der Waals surface area (Å²) in [4.78, 5) is 0. The van der Waals surface area contributed by atoms with Crippen molar-refractivity contribution < 1.29 is 9.84 Å². The number of rotatable bonds is 5. The van der Waals surface area contributed by atoms with Gasteiger partial charge in [-0.15, -0.1) is 0 Å². The van der Waals surface area contributed by atoms with Gasteiger partial charge in [0.1, 0.15) is 0 Å². The average molecular weight is 238 g/mol. The van der Waals surface area contributed by atoms with E-state index in [0.717, 1.165) is 31.3 Å². The predicted molar refractivity (Wildman–Crippen MR) is 72.0 cm³/mol. The lowest BCUT2D eigenvalue weighted by atomic mass is 9.91. The van der Waals surface area contributed by atoms with Gasteiger partial charge in [0.2, 0.25) is 0 Å². The topological polar surface area (TPSA) is 29.5 Å². The third-order valence-electron chi connectivity index (χ3n) is 3.47. The first-order valence-electron chi connectivity index (χ1n) is 6.49. The van der Waals surface area contributed by atoms with Gasteiger partial charge in [0, 0.05) is 0 Å². The van der Waals surface area contributed by atoms with E-state index in [4.69, 9.17) is 4.74 Å². The van der Waals surface area contributed by atoms with Crippen LogP contribution in [-0.2, 0) is 4.74 Å². The summed E-state index contributed by atoms with van der Waals surface area (Å²) < 4.78 is 5.87. The molecule has 2 nitrogen and oxygen atoms in total. The molecule has 1 aliphatic heterocycles. The lowest BCUT2D eigenvalue weighted by Crippen LogP contribution is -2.39. The molecule has 1 rings (SSSR count). The SMILES string of the molecule is C=C(C)[C@H]1CC[C@@H]([C@](C)(O)CCC=C(C)C)O1. The van der Waals surface area contributed by atoms with Crippen LogP contribution in [0.1, 0.15) is 53.4 Å². The highest BCUT2D eigenvalue weighted by Crippen LogP contribution is 2.33. The summed E-state index contributed by atoms with van der Waals surface area (Å²) in [7, 11) is 0. The maximum Gasteiger partial charge on any atom is 0.0883 e. The second kappa shape index (κ2) is 5.83. The molecule has 98 valence electrons. The highest BCUT2D eigenvalue weighted by Gasteiger charge is 2.38. The zero-order chi connectivity index (χ0) is 13.1. The molecule has 3 atom stereocenters. The third kappa shape index (κ3) is 4.29. The Labute approximate surface area is 105 Å². The second-order valence-electron chi connectivity index (χ2n) is 5.71. The third-order valence-corrected chi connectivity index (χ3v) is 3.47. The van der Waals surface area contributed by atoms with Gasteiger partial charge in [-0.3, -0.25) is 0 Å². The van der Waals surface area contributed by atoms with Crippen molar-refractivity contribution in [1.29, 1.82) is 0 Å². The lowest BCUT2D eigenvalue weighted by Gasteiger charge is -2.30. The molecule has 17 heavy (non-hydrogen) atoms. The summed E-state index contributed by atoms with van der Waals surface area (Å²) in [5, 5.41) is 10.4. The molecule has 0 radical (unpaired) electrons. The van der Waals surface area contributed by atoms with Crippen molar-refractivity contribution in [3.63, 3.8) is 0 Å². The molecule has 0 unspecified atom stereocenters. The zero-order valence-corrected chi connectivity index (χ0v) is 11.6. The molecule has 1 N–H and O–H groups in total. The highest BCUT2D eigenvalue weighted by atomic mass is 16.5. The maximum atomic E-state index is 10.4. The number of hydrogen-bond acceptors (Lipinski definition) is 2. The Morgan fingerprint density at radius 1 is 1.41 bits per heavy atom. The van der Waals surface area contributed by atoms with Crippen molar-refractivity contribution in [3.05, 3.63) is 23.8 Å². The van der Waals surface area contributed by atoms with E-state index in [1.165, 1.54) is 5.57 Å². The van der Waals surface area contributed by atoms with Crippen LogP contribution in [0.5, 0.6) is 0 Å². The van der Waals surface area contributed by atoms with Crippen LogP contribution in [0.3, 0.4) is 0 Å². The van der Waals surface area contributed by atoms with Gasteiger partial charge in [0.25, 0.3) is 0 Å². The summed E-state index contributed by atoms with van der Waals surface area (Å²) in [6.45, 7) is 12.0. The van der Waals surface area contributed by atoms with Crippen molar-refractivity contribution in [1.82, 2.24) is 0 Å². The van der Waals surface area contributed by atoms with E-state index in [9.17, 15) is 5.11 Å². The number of hydrogen-bond donors (Lipinski definition) is 1. The van der Waals surface area contributed by atoms with E-state index in [0.29, 0.717) is 0 Å². The van der Waals surface area contributed by atoms with Crippen LogP contribution in [0.25, 0.3) is 0 Å². The molecular weight excluding hydrogens is 212 g/mol. The fourth-order valence-corrected chi connectivity index (χ4v) is 2.27. The van der Waals surface area contributed by atoms with Gasteiger partial charge in [-0.05, 0) is 53.4 Å². The summed E-state index contributed by atoms with van der Waals surface area (Å²) in [5.74, 6) is 0. The van der Waals surface area contributed by atoms with Crippen molar-refractivity contribution in [2.24, 2.45) is 0 Å². The van der Waals surface area contributed by atoms with E-state index >= 15 is 0 Å². The maximum absolute atomic E-state index is 10.4. The molecule has 0 aliphatic carbocycles. The summed E-state index contributed by atoms with van der Waals surface area (Å²) in [6, 6.07) is 0. The van der Waals surface area contributed by atoms with Gasteiger partial charge in [0.15, 0.2) is 0 Å². The number of ether oxygens (including phenoxy) is 1. The molecule has 1 saturated heterocycles. The minimum absolute atomic E-state index is 0.0465. The standard InChI is InChI=1S/C15H26O2/c1-11(2)7-6-10-15(5,16)14-9-8-13(17-14)12(3)4/h7,13-14,16H,3,6,8-10H2,1-2,4-5H3/t13-,14+,15-/m1/s1. The van der Waals surface area contributed by atoms with Crippen LogP contribution in [0.4, 0.5) is 0 Å². The minimum Gasteiger partial charge on any atom is -0.387 e. The Balaban J connectivity index is 2.48. The van der Waals surface area contributed by atoms with Crippen molar-refractivity contribution >= 4 is 0 Å². The Hall–Kier alpha value is -0.600. The van der Waals surface area contributed by atoms with Gasteiger partial charge in [0.05, 0.1) is 17.8 Å². The van der Waals surface area contributed by atoms with Crippen molar-refractivity contribution in [2.75, 3.05) is 0 Å². The van der Waals surface area contributed by atoms with Gasteiger partial charge < -0.3 is 9.84 Å². The van der Waals surface area contributed by atoms with Crippen molar-refractivity contribution in [3.8, 4) is 0 Å². The quantitative estimate of drug-likeness (QED) is 0.741. The first kappa shape index (κ1) is 14.5. The molecule has 2 heteroatoms. The fourth-order valence-electron chi connectivity index (χ4n) is 2.27. The second-order valence-corrected chi connectivity index (χ2v) is 5.71. The van der Waals surface area contributed by atoms with Crippen LogP contribution < -0.4 is 0 Å². The van der Waals surface area contributed by atoms with Gasteiger partial charge in [-0.2, -0.15) is 0 Å². The normalized spacial score (nSPS) is 27.6.